The number of hydrogen-bond acceptors (Lipinski definition) is 4. The average Bonchev–Trinajstić information content (AvgIpc) is 2.59. The summed E-state index contributed by atoms with van der Waals surface area (Å²) in [5.41, 5.74) is 1.06. The number of sulfonamides is 1. The summed E-state index contributed by atoms with van der Waals surface area (Å²) in [6.45, 7) is 0.106. The second-order valence-electron chi connectivity index (χ2n) is 4.82. The van der Waals surface area contributed by atoms with Gasteiger partial charge in [0.25, 0.3) is 5.91 Å². The molecule has 0 bridgehead atoms. The van der Waals surface area contributed by atoms with Gasteiger partial charge in [-0.05, 0) is 23.8 Å². The number of nitrogens with one attached hydrogen (secondary N) is 2. The molecule has 122 valence electrons. The van der Waals surface area contributed by atoms with E-state index in [-0.39, 0.29) is 30.2 Å². The van der Waals surface area contributed by atoms with E-state index in [9.17, 15) is 13.2 Å². The summed E-state index contributed by atoms with van der Waals surface area (Å²) in [5.74, 6) is -0.431. The van der Waals surface area contributed by atoms with Gasteiger partial charge in [-0.2, -0.15) is 0 Å². The lowest BCUT2D eigenvalue weighted by molar-refractivity contribution is 0.0944. The van der Waals surface area contributed by atoms with Gasteiger partial charge < -0.3 is 10.4 Å². The van der Waals surface area contributed by atoms with Gasteiger partial charge in [0.05, 0.1) is 11.5 Å². The lowest BCUT2D eigenvalue weighted by Gasteiger charge is -2.09. The van der Waals surface area contributed by atoms with E-state index in [1.165, 1.54) is 24.3 Å². The second-order valence-corrected chi connectivity index (χ2v) is 6.58. The minimum atomic E-state index is -3.71. The highest BCUT2D eigenvalue weighted by molar-refractivity contribution is 7.89. The first-order chi connectivity index (χ1) is 11.0. The van der Waals surface area contributed by atoms with Gasteiger partial charge >= 0.3 is 0 Å². The highest BCUT2D eigenvalue weighted by atomic mass is 32.2. The predicted octanol–water partition coefficient (Wildman–Crippen LogP) is 0.887. The van der Waals surface area contributed by atoms with E-state index in [1.807, 2.05) is 30.3 Å². The third kappa shape index (κ3) is 4.88. The van der Waals surface area contributed by atoms with E-state index in [1.54, 1.807) is 0 Å². The fourth-order valence-corrected chi connectivity index (χ4v) is 3.00. The average molecular weight is 334 g/mol. The van der Waals surface area contributed by atoms with Crippen LogP contribution in [0.5, 0.6) is 0 Å². The van der Waals surface area contributed by atoms with Crippen molar-refractivity contribution in [3.63, 3.8) is 0 Å². The molecule has 2 rings (SSSR count). The summed E-state index contributed by atoms with van der Waals surface area (Å²) >= 11 is 0. The van der Waals surface area contributed by atoms with Crippen LogP contribution in [0.3, 0.4) is 0 Å². The Hall–Kier alpha value is -2.22. The van der Waals surface area contributed by atoms with Crippen LogP contribution in [0.4, 0.5) is 0 Å². The molecule has 0 aromatic heterocycles. The second kappa shape index (κ2) is 7.87. The number of rotatable bonds is 7. The molecule has 0 aliphatic heterocycles. The SMILES string of the molecule is O=C(NCCO)c1cccc(S(=O)(=O)NCc2ccccc2)c1. The summed E-state index contributed by atoms with van der Waals surface area (Å²) in [6, 6.07) is 14.9. The highest BCUT2D eigenvalue weighted by Crippen LogP contribution is 2.12. The molecular weight excluding hydrogens is 316 g/mol. The van der Waals surface area contributed by atoms with E-state index in [2.05, 4.69) is 10.0 Å². The van der Waals surface area contributed by atoms with E-state index >= 15 is 0 Å². The minimum absolute atomic E-state index is 0.0186. The van der Waals surface area contributed by atoms with Crippen LogP contribution in [0.1, 0.15) is 15.9 Å². The van der Waals surface area contributed by atoms with Gasteiger partial charge in [-0.25, -0.2) is 13.1 Å². The highest BCUT2D eigenvalue weighted by Gasteiger charge is 2.16. The number of amides is 1. The summed E-state index contributed by atoms with van der Waals surface area (Å²) in [5, 5.41) is 11.2. The van der Waals surface area contributed by atoms with Crippen LogP contribution < -0.4 is 10.0 Å². The Morgan fingerprint density at radius 3 is 2.48 bits per heavy atom. The zero-order valence-corrected chi connectivity index (χ0v) is 13.2. The van der Waals surface area contributed by atoms with E-state index in [0.29, 0.717) is 0 Å². The van der Waals surface area contributed by atoms with Gasteiger partial charge in [0.1, 0.15) is 0 Å². The molecule has 2 aromatic rings. The number of aliphatic hydroxyl groups is 1. The first-order valence-corrected chi connectivity index (χ1v) is 8.54. The number of aliphatic hydroxyl groups excluding tert-OH is 1. The summed E-state index contributed by atoms with van der Waals surface area (Å²) in [6.07, 6.45) is 0. The fraction of sp³-hybridized carbons (Fsp3) is 0.188. The maximum atomic E-state index is 12.3. The molecule has 0 saturated carbocycles. The minimum Gasteiger partial charge on any atom is -0.395 e. The zero-order valence-electron chi connectivity index (χ0n) is 12.4. The van der Waals surface area contributed by atoms with Crippen LogP contribution in [-0.4, -0.2) is 32.6 Å². The van der Waals surface area contributed by atoms with Crippen molar-refractivity contribution in [3.8, 4) is 0 Å². The van der Waals surface area contributed by atoms with Gasteiger partial charge in [0, 0.05) is 18.7 Å². The topological polar surface area (TPSA) is 95.5 Å². The summed E-state index contributed by atoms with van der Waals surface area (Å²) < 4.78 is 27.1. The van der Waals surface area contributed by atoms with Crippen LogP contribution in [0.15, 0.2) is 59.5 Å². The molecule has 3 N–H and O–H groups in total. The summed E-state index contributed by atoms with van der Waals surface area (Å²) in [7, 11) is -3.71. The monoisotopic (exact) mass is 334 g/mol. The normalized spacial score (nSPS) is 11.2. The number of benzene rings is 2. The quantitative estimate of drug-likeness (QED) is 0.701. The Balaban J connectivity index is 2.11. The molecule has 0 spiro atoms. The van der Waals surface area contributed by atoms with Crippen molar-refractivity contribution < 1.29 is 18.3 Å². The maximum Gasteiger partial charge on any atom is 0.251 e. The molecule has 23 heavy (non-hydrogen) atoms. The van der Waals surface area contributed by atoms with Crippen molar-refractivity contribution in [2.45, 2.75) is 11.4 Å². The zero-order chi connectivity index (χ0) is 16.7. The molecule has 0 heterocycles. The van der Waals surface area contributed by atoms with Gasteiger partial charge in [0.2, 0.25) is 10.0 Å². The molecular formula is C16H18N2O4S. The van der Waals surface area contributed by atoms with Gasteiger partial charge in [0.15, 0.2) is 0 Å². The molecule has 1 amide bonds. The van der Waals surface area contributed by atoms with Crippen molar-refractivity contribution in [2.24, 2.45) is 0 Å². The molecule has 0 saturated heterocycles. The van der Waals surface area contributed by atoms with Crippen LogP contribution in [0.2, 0.25) is 0 Å². The number of carbonyl (C=O) groups is 1. The van der Waals surface area contributed by atoms with Crippen molar-refractivity contribution >= 4 is 15.9 Å². The third-order valence-electron chi connectivity index (χ3n) is 3.11. The number of hydrogen-bond donors (Lipinski definition) is 3. The lowest BCUT2D eigenvalue weighted by Crippen LogP contribution is -2.27. The Morgan fingerprint density at radius 1 is 1.04 bits per heavy atom. The molecule has 7 heteroatoms. The van der Waals surface area contributed by atoms with Crippen molar-refractivity contribution in [3.05, 3.63) is 65.7 Å². The Bertz CT molecular complexity index is 761. The Kier molecular flexibility index (Phi) is 5.86. The lowest BCUT2D eigenvalue weighted by atomic mass is 10.2. The summed E-state index contributed by atoms with van der Waals surface area (Å²) in [4.78, 5) is 11.8. The fourth-order valence-electron chi connectivity index (χ4n) is 1.93. The standard InChI is InChI=1S/C16H18N2O4S/c19-10-9-17-16(20)14-7-4-8-15(11-14)23(21,22)18-12-13-5-2-1-3-6-13/h1-8,11,18-19H,9-10,12H2,(H,17,20). The Morgan fingerprint density at radius 2 is 1.78 bits per heavy atom. The first kappa shape index (κ1) is 17.1. The van der Waals surface area contributed by atoms with Crippen LogP contribution in [0.25, 0.3) is 0 Å². The molecule has 6 nitrogen and oxygen atoms in total. The molecule has 0 radical (unpaired) electrons. The van der Waals surface area contributed by atoms with Crippen molar-refractivity contribution in [1.29, 1.82) is 0 Å². The van der Waals surface area contributed by atoms with Gasteiger partial charge in [-0.3, -0.25) is 4.79 Å². The first-order valence-electron chi connectivity index (χ1n) is 7.05. The predicted molar refractivity (Wildman–Crippen MR) is 86.3 cm³/mol. The number of carbonyl (C=O) groups excluding carboxylic acids is 1. The Labute approximate surface area is 135 Å². The van der Waals surface area contributed by atoms with E-state index in [4.69, 9.17) is 5.11 Å². The van der Waals surface area contributed by atoms with E-state index in [0.717, 1.165) is 5.56 Å². The largest absolute Gasteiger partial charge is 0.395 e. The van der Waals surface area contributed by atoms with Crippen LogP contribution in [-0.2, 0) is 16.6 Å². The van der Waals surface area contributed by atoms with E-state index < -0.39 is 15.9 Å². The van der Waals surface area contributed by atoms with Gasteiger partial charge in [-0.1, -0.05) is 36.4 Å². The maximum absolute atomic E-state index is 12.3. The van der Waals surface area contributed by atoms with Crippen LogP contribution >= 0.6 is 0 Å². The molecule has 2 aromatic carbocycles. The van der Waals surface area contributed by atoms with Crippen LogP contribution in [0, 0.1) is 0 Å². The van der Waals surface area contributed by atoms with Crippen molar-refractivity contribution in [2.75, 3.05) is 13.2 Å². The molecule has 0 unspecified atom stereocenters. The molecule has 0 atom stereocenters. The molecule has 0 aliphatic rings. The third-order valence-corrected chi connectivity index (χ3v) is 4.51. The molecule has 0 fully saturated rings. The van der Waals surface area contributed by atoms with Crippen molar-refractivity contribution in [1.82, 2.24) is 10.0 Å². The van der Waals surface area contributed by atoms with Gasteiger partial charge in [-0.15, -0.1) is 0 Å². The molecule has 0 aliphatic carbocycles. The smallest absolute Gasteiger partial charge is 0.251 e.